The zero-order valence-electron chi connectivity index (χ0n) is 25.3. The van der Waals surface area contributed by atoms with Crippen LogP contribution in [-0.4, -0.2) is 77.4 Å². The number of H-pyrrole nitrogens is 1. The molecule has 0 aliphatic carbocycles. The van der Waals surface area contributed by atoms with Crippen molar-refractivity contribution in [2.75, 3.05) is 30.4 Å². The molecule has 2 aromatic rings. The number of aromatic nitrogens is 1. The Bertz CT molecular complexity index is 1490. The van der Waals surface area contributed by atoms with Gasteiger partial charge >= 0.3 is 6.18 Å². The lowest BCUT2D eigenvalue weighted by Crippen LogP contribution is -2.55. The molecule has 5 rings (SSSR count). The SMILES string of the molecule is CC(N=C/C(=C\N)c1cc(NC(=O)c2c[nH]c(=O)cc2C(F)(F)F)c(N2C[C@@H](C)N(C)[C@@H](C)C2)cc1F)N1C2CCC1CC2. The molecule has 13 heteroatoms. The Balaban J connectivity index is 1.52. The molecule has 0 radical (unpaired) electrons. The van der Waals surface area contributed by atoms with E-state index in [1.54, 1.807) is 0 Å². The molecule has 1 aromatic heterocycles. The second-order valence-electron chi connectivity index (χ2n) is 12.1. The number of pyridine rings is 1. The minimum atomic E-state index is -4.95. The van der Waals surface area contributed by atoms with Gasteiger partial charge in [0.05, 0.1) is 28.7 Å². The van der Waals surface area contributed by atoms with Gasteiger partial charge in [-0.3, -0.25) is 24.4 Å². The van der Waals surface area contributed by atoms with Gasteiger partial charge in [-0.1, -0.05) is 0 Å². The number of nitrogens with zero attached hydrogens (tertiary/aromatic N) is 4. The summed E-state index contributed by atoms with van der Waals surface area (Å²) in [4.78, 5) is 38.3. The number of halogens is 4. The van der Waals surface area contributed by atoms with Crippen LogP contribution in [0, 0.1) is 5.82 Å². The van der Waals surface area contributed by atoms with E-state index in [0.29, 0.717) is 36.9 Å². The summed E-state index contributed by atoms with van der Waals surface area (Å²) in [7, 11) is 1.99. The van der Waals surface area contributed by atoms with Crippen molar-refractivity contribution in [3.63, 3.8) is 0 Å². The standard InChI is InChI=1S/C31H39F4N7O2/c1-17-15-41(16-18(2)40(17)4)28-11-26(32)23(20(12-36)13-37-19(3)42-21-5-6-22(42)8-7-21)9-27(28)39-30(44)24-14-38-29(43)10-25(24)31(33,34)35/h9-14,17-19,21-22H,5-8,15-16,36H2,1-4H3,(H,38,43)(H,39,44)/b20-12+,37-13?/t17-,18+,19?,21?,22?. The van der Waals surface area contributed by atoms with Crippen molar-refractivity contribution >= 4 is 29.1 Å². The number of carbonyl (C=O) groups excluding carboxylic acids is 1. The predicted octanol–water partition coefficient (Wildman–Crippen LogP) is 4.66. The fourth-order valence-corrected chi connectivity index (χ4v) is 6.86. The van der Waals surface area contributed by atoms with E-state index in [1.807, 2.05) is 32.7 Å². The monoisotopic (exact) mass is 617 g/mol. The number of piperazine rings is 1. The summed E-state index contributed by atoms with van der Waals surface area (Å²) >= 11 is 0. The van der Waals surface area contributed by atoms with Crippen molar-refractivity contribution in [3.05, 3.63) is 63.5 Å². The fraction of sp³-hybridized carbons (Fsp3) is 0.516. The molecule has 9 nitrogen and oxygen atoms in total. The molecule has 3 fully saturated rings. The number of amides is 1. The molecular weight excluding hydrogens is 578 g/mol. The van der Waals surface area contributed by atoms with Crippen LogP contribution in [0.3, 0.4) is 0 Å². The van der Waals surface area contributed by atoms with Crippen LogP contribution in [-0.2, 0) is 6.18 Å². The number of aliphatic imine (C=N–C) groups is 1. The summed E-state index contributed by atoms with van der Waals surface area (Å²) in [6.45, 7) is 7.00. The molecule has 3 atom stereocenters. The predicted molar refractivity (Wildman–Crippen MR) is 163 cm³/mol. The molecule has 1 unspecified atom stereocenters. The van der Waals surface area contributed by atoms with Gasteiger partial charge < -0.3 is 20.9 Å². The zero-order valence-corrected chi connectivity index (χ0v) is 25.3. The third-order valence-corrected chi connectivity index (χ3v) is 9.37. The molecule has 238 valence electrons. The highest BCUT2D eigenvalue weighted by atomic mass is 19.4. The van der Waals surface area contributed by atoms with Crippen LogP contribution in [0.5, 0.6) is 0 Å². The van der Waals surface area contributed by atoms with Crippen molar-refractivity contribution < 1.29 is 22.4 Å². The third kappa shape index (κ3) is 6.25. The number of hydrogen-bond donors (Lipinski definition) is 3. The van der Waals surface area contributed by atoms with Gasteiger partial charge in [-0.25, -0.2) is 4.39 Å². The number of anilines is 2. The largest absolute Gasteiger partial charge is 0.417 e. The zero-order chi connectivity index (χ0) is 31.9. The summed E-state index contributed by atoms with van der Waals surface area (Å²) in [5, 5.41) is 2.57. The Morgan fingerprint density at radius 1 is 1.09 bits per heavy atom. The molecule has 0 spiro atoms. The van der Waals surface area contributed by atoms with E-state index < -0.39 is 34.6 Å². The highest BCUT2D eigenvalue weighted by Crippen LogP contribution is 2.39. The van der Waals surface area contributed by atoms with Gasteiger partial charge in [0.25, 0.3) is 5.91 Å². The van der Waals surface area contributed by atoms with Crippen molar-refractivity contribution in [3.8, 4) is 0 Å². The maximum absolute atomic E-state index is 15.9. The number of hydrogen-bond acceptors (Lipinski definition) is 7. The summed E-state index contributed by atoms with van der Waals surface area (Å²) in [6, 6.07) is 4.12. The highest BCUT2D eigenvalue weighted by molar-refractivity contribution is 6.11. The number of nitrogens with two attached hydrogens (primary N) is 1. The number of fused-ring (bicyclic) bond motifs is 2. The van der Waals surface area contributed by atoms with E-state index in [0.717, 1.165) is 31.9 Å². The molecule has 2 bridgehead atoms. The number of carbonyl (C=O) groups is 1. The maximum Gasteiger partial charge on any atom is 0.417 e. The lowest BCUT2D eigenvalue weighted by molar-refractivity contribution is -0.138. The Morgan fingerprint density at radius 2 is 1.70 bits per heavy atom. The third-order valence-electron chi connectivity index (χ3n) is 9.37. The average Bonchev–Trinajstić information content (AvgIpc) is 3.57. The van der Waals surface area contributed by atoms with E-state index >= 15 is 4.39 Å². The summed E-state index contributed by atoms with van der Waals surface area (Å²) in [5.74, 6) is -1.72. The topological polar surface area (TPSA) is 110 Å². The van der Waals surface area contributed by atoms with Crippen LogP contribution in [0.25, 0.3) is 5.57 Å². The number of nitrogens with one attached hydrogen (secondary N) is 2. The molecule has 3 saturated heterocycles. The minimum absolute atomic E-state index is 0.0413. The number of alkyl halides is 3. The summed E-state index contributed by atoms with van der Waals surface area (Å²) in [6.07, 6.45) is 2.93. The van der Waals surface area contributed by atoms with E-state index in [-0.39, 0.29) is 35.1 Å². The van der Waals surface area contributed by atoms with Gasteiger partial charge in [-0.2, -0.15) is 13.2 Å². The second kappa shape index (κ2) is 12.4. The minimum Gasteiger partial charge on any atom is -0.404 e. The van der Waals surface area contributed by atoms with Crippen LogP contribution < -0.4 is 21.5 Å². The van der Waals surface area contributed by atoms with Crippen LogP contribution in [0.4, 0.5) is 28.9 Å². The fourth-order valence-electron chi connectivity index (χ4n) is 6.86. The van der Waals surface area contributed by atoms with Gasteiger partial charge in [0.15, 0.2) is 0 Å². The molecule has 44 heavy (non-hydrogen) atoms. The maximum atomic E-state index is 15.9. The summed E-state index contributed by atoms with van der Waals surface area (Å²) in [5.41, 5.74) is 3.54. The lowest BCUT2D eigenvalue weighted by Gasteiger charge is -2.44. The first-order chi connectivity index (χ1) is 20.8. The Kier molecular flexibility index (Phi) is 8.90. The van der Waals surface area contributed by atoms with Gasteiger partial charge in [-0.05, 0) is 65.6 Å². The first-order valence-corrected chi connectivity index (χ1v) is 14.9. The number of rotatable bonds is 7. The van der Waals surface area contributed by atoms with E-state index in [4.69, 9.17) is 5.73 Å². The number of aromatic amines is 1. The van der Waals surface area contributed by atoms with Crippen LogP contribution in [0.2, 0.25) is 0 Å². The molecule has 3 aliphatic rings. The first-order valence-electron chi connectivity index (χ1n) is 14.9. The van der Waals surface area contributed by atoms with Crippen molar-refractivity contribution in [1.82, 2.24) is 14.8 Å². The van der Waals surface area contributed by atoms with E-state index in [2.05, 4.69) is 25.1 Å². The van der Waals surface area contributed by atoms with Crippen LogP contribution in [0.15, 0.2) is 40.4 Å². The Labute approximate surface area is 253 Å². The highest BCUT2D eigenvalue weighted by Gasteiger charge is 2.41. The van der Waals surface area contributed by atoms with Crippen molar-refractivity contribution in [2.24, 2.45) is 10.7 Å². The van der Waals surface area contributed by atoms with E-state index in [9.17, 15) is 22.8 Å². The molecule has 4 N–H and O–H groups in total. The van der Waals surface area contributed by atoms with Crippen molar-refractivity contribution in [2.45, 2.75) is 83.0 Å². The molecule has 0 saturated carbocycles. The first kappa shape index (κ1) is 31.7. The Hall–Kier alpha value is -3.71. The second-order valence-corrected chi connectivity index (χ2v) is 12.1. The van der Waals surface area contributed by atoms with Crippen LogP contribution in [0.1, 0.15) is 67.9 Å². The van der Waals surface area contributed by atoms with Gasteiger partial charge in [0, 0.05) is 73.1 Å². The molecule has 4 heterocycles. The smallest absolute Gasteiger partial charge is 0.404 e. The molecule has 1 amide bonds. The number of benzene rings is 1. The van der Waals surface area contributed by atoms with Gasteiger partial charge in [0.1, 0.15) is 5.82 Å². The number of allylic oxidation sites excluding steroid dienone is 1. The average molecular weight is 618 g/mol. The van der Waals surface area contributed by atoms with Gasteiger partial charge in [-0.15, -0.1) is 0 Å². The van der Waals surface area contributed by atoms with Gasteiger partial charge in [0.2, 0.25) is 5.56 Å². The summed E-state index contributed by atoms with van der Waals surface area (Å²) < 4.78 is 57.2. The lowest BCUT2D eigenvalue weighted by atomic mass is 10.0. The quantitative estimate of drug-likeness (QED) is 0.308. The Morgan fingerprint density at radius 3 is 2.27 bits per heavy atom. The van der Waals surface area contributed by atoms with Crippen molar-refractivity contribution in [1.29, 1.82) is 0 Å². The molecule has 3 aliphatic heterocycles. The van der Waals surface area contributed by atoms with Crippen LogP contribution >= 0.6 is 0 Å². The molecule has 1 aromatic carbocycles. The van der Waals surface area contributed by atoms with E-state index in [1.165, 1.54) is 24.5 Å². The molecular formula is C31H39F4N7O2. The normalized spacial score (nSPS) is 25.6. The number of likely N-dealkylation sites (N-methyl/N-ethyl adjacent to an activating group) is 1.